The Bertz CT molecular complexity index is 1010. The van der Waals surface area contributed by atoms with Crippen molar-refractivity contribution in [1.82, 2.24) is 4.57 Å². The lowest BCUT2D eigenvalue weighted by Gasteiger charge is -2.18. The van der Waals surface area contributed by atoms with Crippen molar-refractivity contribution in [3.8, 4) is 11.3 Å². The first kappa shape index (κ1) is 15.9. The van der Waals surface area contributed by atoms with Gasteiger partial charge in [0.25, 0.3) is 5.56 Å². The SMILES string of the molecule is C=CCC1c2ccccc2-c2c(CCCC)c3ccccc3c(=O)n21. The van der Waals surface area contributed by atoms with Gasteiger partial charge in [-0.05, 0) is 41.8 Å². The zero-order valence-electron chi connectivity index (χ0n) is 14.7. The highest BCUT2D eigenvalue weighted by Gasteiger charge is 2.31. The van der Waals surface area contributed by atoms with Gasteiger partial charge in [-0.2, -0.15) is 0 Å². The summed E-state index contributed by atoms with van der Waals surface area (Å²) in [6, 6.07) is 16.6. The van der Waals surface area contributed by atoms with E-state index in [1.165, 1.54) is 16.7 Å². The summed E-state index contributed by atoms with van der Waals surface area (Å²) in [6.45, 7) is 6.13. The maximum Gasteiger partial charge on any atom is 0.259 e. The third kappa shape index (κ3) is 2.36. The second kappa shape index (κ2) is 6.36. The van der Waals surface area contributed by atoms with Gasteiger partial charge in [-0.25, -0.2) is 0 Å². The second-order valence-corrected chi connectivity index (χ2v) is 6.78. The maximum atomic E-state index is 13.3. The van der Waals surface area contributed by atoms with E-state index >= 15 is 0 Å². The summed E-state index contributed by atoms with van der Waals surface area (Å²) in [5.74, 6) is 0. The molecule has 1 aliphatic rings. The molecule has 0 bridgehead atoms. The number of allylic oxidation sites excluding steroid dienone is 1. The van der Waals surface area contributed by atoms with Gasteiger partial charge in [-0.1, -0.05) is 61.9 Å². The van der Waals surface area contributed by atoms with E-state index in [1.807, 2.05) is 28.8 Å². The number of nitrogens with zero attached hydrogens (tertiary/aromatic N) is 1. The smallest absolute Gasteiger partial charge is 0.259 e. The molecule has 0 fully saturated rings. The van der Waals surface area contributed by atoms with E-state index in [0.29, 0.717) is 0 Å². The van der Waals surface area contributed by atoms with Gasteiger partial charge in [0.2, 0.25) is 0 Å². The predicted molar refractivity (Wildman–Crippen MR) is 105 cm³/mol. The van der Waals surface area contributed by atoms with Crippen LogP contribution < -0.4 is 5.56 Å². The van der Waals surface area contributed by atoms with Gasteiger partial charge < -0.3 is 0 Å². The minimum absolute atomic E-state index is 0.0567. The molecule has 2 heteroatoms. The molecule has 0 saturated carbocycles. The molecule has 1 aromatic heterocycles. The Morgan fingerprint density at radius 2 is 1.80 bits per heavy atom. The Kier molecular flexibility index (Phi) is 4.04. The van der Waals surface area contributed by atoms with E-state index < -0.39 is 0 Å². The Hall–Kier alpha value is -2.61. The highest BCUT2D eigenvalue weighted by molar-refractivity contribution is 5.91. The Morgan fingerprint density at radius 1 is 1.08 bits per heavy atom. The van der Waals surface area contributed by atoms with Crippen LogP contribution in [0.1, 0.15) is 43.4 Å². The van der Waals surface area contributed by atoms with Gasteiger partial charge in [0.15, 0.2) is 0 Å². The summed E-state index contributed by atoms with van der Waals surface area (Å²) < 4.78 is 2.03. The molecule has 4 rings (SSSR count). The Labute approximate surface area is 148 Å². The van der Waals surface area contributed by atoms with E-state index in [-0.39, 0.29) is 11.6 Å². The number of benzene rings is 2. The van der Waals surface area contributed by atoms with Crippen LogP contribution >= 0.6 is 0 Å². The fourth-order valence-corrected chi connectivity index (χ4v) is 4.17. The molecule has 2 aromatic carbocycles. The molecule has 2 nitrogen and oxygen atoms in total. The summed E-state index contributed by atoms with van der Waals surface area (Å²) >= 11 is 0. The molecular weight excluding hydrogens is 306 g/mol. The molecule has 0 saturated heterocycles. The van der Waals surface area contributed by atoms with Crippen molar-refractivity contribution in [1.29, 1.82) is 0 Å². The molecule has 126 valence electrons. The molecule has 0 amide bonds. The quantitative estimate of drug-likeness (QED) is 0.567. The standard InChI is InChI=1S/C23H23NO/c1-3-5-11-18-16-12-6-9-15-20(16)23(25)24-21(10-4-2)17-13-7-8-14-19(17)22(18)24/h4,6-9,12-15,21H,2-3,5,10-11H2,1H3. The number of fused-ring (bicyclic) bond motifs is 4. The van der Waals surface area contributed by atoms with Gasteiger partial charge in [0.1, 0.15) is 0 Å². The van der Waals surface area contributed by atoms with Crippen LogP contribution in [0.15, 0.2) is 66.0 Å². The minimum Gasteiger partial charge on any atom is -0.300 e. The molecule has 25 heavy (non-hydrogen) atoms. The van der Waals surface area contributed by atoms with Crippen LogP contribution in [-0.4, -0.2) is 4.57 Å². The molecule has 1 aliphatic heterocycles. The van der Waals surface area contributed by atoms with Crippen LogP contribution in [0, 0.1) is 0 Å². The fraction of sp³-hybridized carbons (Fsp3) is 0.261. The van der Waals surface area contributed by atoms with Crippen LogP contribution in [0.3, 0.4) is 0 Å². The number of aromatic nitrogens is 1. The lowest BCUT2D eigenvalue weighted by molar-refractivity contribution is 0.603. The zero-order chi connectivity index (χ0) is 17.4. The molecule has 1 unspecified atom stereocenters. The lowest BCUT2D eigenvalue weighted by Crippen LogP contribution is -2.24. The van der Waals surface area contributed by atoms with Crippen LogP contribution in [0.5, 0.6) is 0 Å². The van der Waals surface area contributed by atoms with E-state index in [2.05, 4.69) is 43.8 Å². The molecular formula is C23H23NO. The summed E-state index contributed by atoms with van der Waals surface area (Å²) in [5.41, 5.74) is 5.01. The summed E-state index contributed by atoms with van der Waals surface area (Å²) in [4.78, 5) is 13.3. The van der Waals surface area contributed by atoms with Gasteiger partial charge in [0.05, 0.1) is 11.7 Å². The maximum absolute atomic E-state index is 13.3. The first-order chi connectivity index (χ1) is 12.3. The Balaban J connectivity index is 2.13. The Morgan fingerprint density at radius 3 is 2.56 bits per heavy atom. The normalized spacial score (nSPS) is 15.2. The molecule has 0 spiro atoms. The van der Waals surface area contributed by atoms with Gasteiger partial charge >= 0.3 is 0 Å². The minimum atomic E-state index is 0.0567. The summed E-state index contributed by atoms with van der Waals surface area (Å²) in [6.07, 6.45) is 5.97. The van der Waals surface area contributed by atoms with Crippen LogP contribution in [0.2, 0.25) is 0 Å². The fourth-order valence-electron chi connectivity index (χ4n) is 4.17. The van der Waals surface area contributed by atoms with Crippen LogP contribution in [0.4, 0.5) is 0 Å². The molecule has 3 aromatic rings. The highest BCUT2D eigenvalue weighted by atomic mass is 16.1. The second-order valence-electron chi connectivity index (χ2n) is 6.78. The number of aryl methyl sites for hydroxylation is 1. The largest absolute Gasteiger partial charge is 0.300 e. The number of pyridine rings is 1. The first-order valence-electron chi connectivity index (χ1n) is 9.14. The highest BCUT2D eigenvalue weighted by Crippen LogP contribution is 2.43. The summed E-state index contributed by atoms with van der Waals surface area (Å²) in [7, 11) is 0. The average molecular weight is 329 g/mol. The van der Waals surface area contributed by atoms with Crippen molar-refractivity contribution in [3.63, 3.8) is 0 Å². The molecule has 1 atom stereocenters. The first-order valence-corrected chi connectivity index (χ1v) is 9.14. The third-order valence-electron chi connectivity index (χ3n) is 5.28. The van der Waals surface area contributed by atoms with Gasteiger partial charge in [-0.15, -0.1) is 6.58 Å². The molecule has 0 aliphatic carbocycles. The number of hydrogen-bond donors (Lipinski definition) is 0. The van der Waals surface area contributed by atoms with Gasteiger partial charge in [-0.3, -0.25) is 9.36 Å². The van der Waals surface area contributed by atoms with Crippen molar-refractivity contribution < 1.29 is 0 Å². The zero-order valence-corrected chi connectivity index (χ0v) is 14.7. The van der Waals surface area contributed by atoms with E-state index in [1.54, 1.807) is 0 Å². The molecule has 2 heterocycles. The van der Waals surface area contributed by atoms with E-state index in [9.17, 15) is 4.79 Å². The topological polar surface area (TPSA) is 22.0 Å². The van der Waals surface area contributed by atoms with Crippen LogP contribution in [0.25, 0.3) is 22.0 Å². The van der Waals surface area contributed by atoms with Crippen molar-refractivity contribution in [3.05, 3.63) is 82.7 Å². The van der Waals surface area contributed by atoms with Crippen molar-refractivity contribution in [2.24, 2.45) is 0 Å². The number of rotatable bonds is 5. The van der Waals surface area contributed by atoms with Crippen molar-refractivity contribution >= 4 is 10.8 Å². The van der Waals surface area contributed by atoms with E-state index in [4.69, 9.17) is 0 Å². The molecule has 0 N–H and O–H groups in total. The predicted octanol–water partition coefficient (Wildman–Crippen LogP) is 5.49. The van der Waals surface area contributed by atoms with Crippen molar-refractivity contribution in [2.75, 3.05) is 0 Å². The monoisotopic (exact) mass is 329 g/mol. The van der Waals surface area contributed by atoms with Crippen molar-refractivity contribution in [2.45, 2.75) is 38.6 Å². The average Bonchev–Trinajstić information content (AvgIpc) is 2.97. The van der Waals surface area contributed by atoms with Crippen LogP contribution in [-0.2, 0) is 6.42 Å². The lowest BCUT2D eigenvalue weighted by atomic mass is 9.95. The third-order valence-corrected chi connectivity index (χ3v) is 5.28. The number of hydrogen-bond acceptors (Lipinski definition) is 1. The van der Waals surface area contributed by atoms with E-state index in [0.717, 1.165) is 42.1 Å². The molecule has 0 radical (unpaired) electrons. The summed E-state index contributed by atoms with van der Waals surface area (Å²) in [5, 5.41) is 1.94. The van der Waals surface area contributed by atoms with Gasteiger partial charge in [0, 0.05) is 10.9 Å². The number of unbranched alkanes of at least 4 members (excludes halogenated alkanes) is 1.